The van der Waals surface area contributed by atoms with E-state index in [1.54, 1.807) is 11.3 Å². The standard InChI is InChI=1S/C13H20N4S/c1-9(13-10(2)16-17(4)11(13)3)14-6-5-12-15-7-8-18-12/h7-9,14H,5-6H2,1-4H3. The summed E-state index contributed by atoms with van der Waals surface area (Å²) in [5, 5.41) is 11.2. The maximum atomic E-state index is 4.46. The molecule has 0 saturated heterocycles. The summed E-state index contributed by atoms with van der Waals surface area (Å²) >= 11 is 1.71. The van der Waals surface area contributed by atoms with Crippen LogP contribution in [0.5, 0.6) is 0 Å². The third-order valence-corrected chi connectivity index (χ3v) is 4.11. The first-order valence-corrected chi connectivity index (χ1v) is 7.09. The zero-order valence-corrected chi connectivity index (χ0v) is 12.2. The van der Waals surface area contributed by atoms with Crippen molar-refractivity contribution in [2.45, 2.75) is 33.2 Å². The second-order valence-corrected chi connectivity index (χ2v) is 5.54. The predicted molar refractivity (Wildman–Crippen MR) is 74.9 cm³/mol. The Labute approximate surface area is 112 Å². The van der Waals surface area contributed by atoms with E-state index >= 15 is 0 Å². The van der Waals surface area contributed by atoms with Gasteiger partial charge in [-0.1, -0.05) is 0 Å². The molecule has 1 unspecified atom stereocenters. The monoisotopic (exact) mass is 264 g/mol. The minimum Gasteiger partial charge on any atom is -0.310 e. The quantitative estimate of drug-likeness (QED) is 0.901. The van der Waals surface area contributed by atoms with Crippen molar-refractivity contribution < 1.29 is 0 Å². The molecule has 2 aromatic rings. The van der Waals surface area contributed by atoms with Gasteiger partial charge in [0.1, 0.15) is 0 Å². The summed E-state index contributed by atoms with van der Waals surface area (Å²) in [5.74, 6) is 0. The molecule has 0 aliphatic rings. The Morgan fingerprint density at radius 1 is 1.44 bits per heavy atom. The second-order valence-electron chi connectivity index (χ2n) is 4.56. The smallest absolute Gasteiger partial charge is 0.0937 e. The van der Waals surface area contributed by atoms with Crippen LogP contribution in [-0.4, -0.2) is 21.3 Å². The Morgan fingerprint density at radius 2 is 2.22 bits per heavy atom. The van der Waals surface area contributed by atoms with Gasteiger partial charge in [0, 0.05) is 48.9 Å². The minimum atomic E-state index is 0.332. The maximum Gasteiger partial charge on any atom is 0.0937 e. The van der Waals surface area contributed by atoms with E-state index in [4.69, 9.17) is 0 Å². The molecule has 18 heavy (non-hydrogen) atoms. The molecule has 0 aliphatic carbocycles. The molecular weight excluding hydrogens is 244 g/mol. The predicted octanol–water partition coefficient (Wildman–Crippen LogP) is 2.39. The molecule has 0 aromatic carbocycles. The van der Waals surface area contributed by atoms with Gasteiger partial charge in [-0.05, 0) is 20.8 Å². The van der Waals surface area contributed by atoms with Crippen molar-refractivity contribution >= 4 is 11.3 Å². The van der Waals surface area contributed by atoms with Crippen molar-refractivity contribution in [3.8, 4) is 0 Å². The molecule has 0 radical (unpaired) electrons. The molecule has 2 aromatic heterocycles. The van der Waals surface area contributed by atoms with Gasteiger partial charge in [-0.15, -0.1) is 11.3 Å². The van der Waals surface area contributed by atoms with Crippen LogP contribution in [0.2, 0.25) is 0 Å². The Bertz CT molecular complexity index is 501. The van der Waals surface area contributed by atoms with Gasteiger partial charge in [-0.3, -0.25) is 4.68 Å². The van der Waals surface area contributed by atoms with Gasteiger partial charge in [0.05, 0.1) is 10.7 Å². The maximum absolute atomic E-state index is 4.46. The largest absolute Gasteiger partial charge is 0.310 e. The molecule has 0 fully saturated rings. The van der Waals surface area contributed by atoms with Crippen LogP contribution < -0.4 is 5.32 Å². The number of nitrogens with zero attached hydrogens (tertiary/aromatic N) is 3. The van der Waals surface area contributed by atoms with Crippen molar-refractivity contribution in [3.63, 3.8) is 0 Å². The molecule has 0 amide bonds. The first-order valence-electron chi connectivity index (χ1n) is 6.21. The van der Waals surface area contributed by atoms with E-state index < -0.39 is 0 Å². The summed E-state index contributed by atoms with van der Waals surface area (Å²) in [5.41, 5.74) is 3.67. The van der Waals surface area contributed by atoms with E-state index in [1.165, 1.54) is 16.3 Å². The molecule has 2 rings (SSSR count). The molecule has 0 aliphatic heterocycles. The second kappa shape index (κ2) is 5.63. The van der Waals surface area contributed by atoms with Crippen LogP contribution in [0.25, 0.3) is 0 Å². The van der Waals surface area contributed by atoms with E-state index in [2.05, 4.69) is 36.2 Å². The highest BCUT2D eigenvalue weighted by atomic mass is 32.1. The number of aromatic nitrogens is 3. The van der Waals surface area contributed by atoms with E-state index in [0.29, 0.717) is 6.04 Å². The average Bonchev–Trinajstić information content (AvgIpc) is 2.89. The van der Waals surface area contributed by atoms with E-state index in [1.807, 2.05) is 23.3 Å². The lowest BCUT2D eigenvalue weighted by atomic mass is 10.1. The third kappa shape index (κ3) is 2.79. The molecule has 2 heterocycles. The Morgan fingerprint density at radius 3 is 2.78 bits per heavy atom. The fraction of sp³-hybridized carbons (Fsp3) is 0.538. The van der Waals surface area contributed by atoms with Crippen LogP contribution in [0, 0.1) is 13.8 Å². The van der Waals surface area contributed by atoms with Crippen LogP contribution in [0.15, 0.2) is 11.6 Å². The summed E-state index contributed by atoms with van der Waals surface area (Å²) < 4.78 is 1.95. The topological polar surface area (TPSA) is 42.7 Å². The number of hydrogen-bond acceptors (Lipinski definition) is 4. The van der Waals surface area contributed by atoms with Crippen LogP contribution in [-0.2, 0) is 13.5 Å². The van der Waals surface area contributed by atoms with Crippen LogP contribution in [0.4, 0.5) is 0 Å². The summed E-state index contributed by atoms with van der Waals surface area (Å²) in [6.45, 7) is 7.33. The van der Waals surface area contributed by atoms with Crippen molar-refractivity contribution in [2.24, 2.45) is 7.05 Å². The Hall–Kier alpha value is -1.20. The number of hydrogen-bond donors (Lipinski definition) is 1. The SMILES string of the molecule is Cc1nn(C)c(C)c1C(C)NCCc1nccs1. The average molecular weight is 264 g/mol. The molecule has 1 atom stereocenters. The first kappa shape index (κ1) is 13.2. The first-order chi connectivity index (χ1) is 8.59. The fourth-order valence-corrected chi connectivity index (χ4v) is 2.91. The van der Waals surface area contributed by atoms with Gasteiger partial charge in [-0.2, -0.15) is 5.10 Å². The molecule has 0 saturated carbocycles. The molecule has 4 nitrogen and oxygen atoms in total. The number of aryl methyl sites for hydroxylation is 2. The van der Waals surface area contributed by atoms with Crippen LogP contribution >= 0.6 is 11.3 Å². The minimum absolute atomic E-state index is 0.332. The highest BCUT2D eigenvalue weighted by Crippen LogP contribution is 2.20. The Balaban J connectivity index is 1.93. The van der Waals surface area contributed by atoms with E-state index in [9.17, 15) is 0 Å². The lowest BCUT2D eigenvalue weighted by molar-refractivity contribution is 0.570. The van der Waals surface area contributed by atoms with Gasteiger partial charge in [0.25, 0.3) is 0 Å². The van der Waals surface area contributed by atoms with Crippen molar-refractivity contribution in [1.29, 1.82) is 0 Å². The molecule has 5 heteroatoms. The molecule has 98 valence electrons. The zero-order chi connectivity index (χ0) is 13.1. The highest BCUT2D eigenvalue weighted by molar-refractivity contribution is 7.09. The lowest BCUT2D eigenvalue weighted by Crippen LogP contribution is -2.22. The third-order valence-electron chi connectivity index (χ3n) is 3.27. The number of nitrogens with one attached hydrogen (secondary N) is 1. The van der Waals surface area contributed by atoms with Gasteiger partial charge in [0.15, 0.2) is 0 Å². The van der Waals surface area contributed by atoms with Crippen LogP contribution in [0.3, 0.4) is 0 Å². The van der Waals surface area contributed by atoms with Gasteiger partial charge in [0.2, 0.25) is 0 Å². The summed E-state index contributed by atoms with van der Waals surface area (Å²) in [6, 6.07) is 0.332. The van der Waals surface area contributed by atoms with Gasteiger partial charge >= 0.3 is 0 Å². The number of rotatable bonds is 5. The summed E-state index contributed by atoms with van der Waals surface area (Å²) in [7, 11) is 1.99. The van der Waals surface area contributed by atoms with Crippen molar-refractivity contribution in [1.82, 2.24) is 20.1 Å². The van der Waals surface area contributed by atoms with Crippen molar-refractivity contribution in [2.75, 3.05) is 6.54 Å². The van der Waals surface area contributed by atoms with E-state index in [-0.39, 0.29) is 0 Å². The Kier molecular flexibility index (Phi) is 4.14. The van der Waals surface area contributed by atoms with E-state index in [0.717, 1.165) is 18.7 Å². The fourth-order valence-electron chi connectivity index (χ4n) is 2.29. The zero-order valence-electron chi connectivity index (χ0n) is 11.4. The van der Waals surface area contributed by atoms with Gasteiger partial charge < -0.3 is 5.32 Å². The highest BCUT2D eigenvalue weighted by Gasteiger charge is 2.15. The molecule has 0 bridgehead atoms. The molecule has 1 N–H and O–H groups in total. The summed E-state index contributed by atoms with van der Waals surface area (Å²) in [4.78, 5) is 4.29. The molecular formula is C13H20N4S. The molecule has 0 spiro atoms. The summed E-state index contributed by atoms with van der Waals surface area (Å²) in [6.07, 6.45) is 2.85. The number of thiazole rings is 1. The lowest BCUT2D eigenvalue weighted by Gasteiger charge is -2.14. The van der Waals surface area contributed by atoms with Gasteiger partial charge in [-0.25, -0.2) is 4.98 Å². The normalized spacial score (nSPS) is 12.9. The van der Waals surface area contributed by atoms with Crippen molar-refractivity contribution in [3.05, 3.63) is 33.5 Å². The van der Waals surface area contributed by atoms with Crippen LogP contribution in [0.1, 0.15) is 34.9 Å².